The fourth-order valence-electron chi connectivity index (χ4n) is 2.88. The Balaban J connectivity index is 2.00. The van der Waals surface area contributed by atoms with Gasteiger partial charge in [0.2, 0.25) is 10.0 Å². The second kappa shape index (κ2) is 7.74. The molecule has 0 unspecified atom stereocenters. The van der Waals surface area contributed by atoms with Crippen molar-refractivity contribution in [1.82, 2.24) is 13.7 Å². The third kappa shape index (κ3) is 3.78. The SMILES string of the molecule is Cc1c(NS(=O)(=O)c2ccc(S(=O)(=O)N(C)C)cc2)c(=O)n(-c2ccccc2)n1C. The first-order valence-electron chi connectivity index (χ1n) is 8.86. The molecule has 1 heterocycles. The summed E-state index contributed by atoms with van der Waals surface area (Å²) in [5.74, 6) is 0. The molecule has 3 rings (SSSR count). The van der Waals surface area contributed by atoms with Gasteiger partial charge in [0.25, 0.3) is 15.6 Å². The normalized spacial score (nSPS) is 12.3. The second-order valence-electron chi connectivity index (χ2n) is 6.80. The number of sulfonamides is 2. The standard InChI is InChI=1S/C19H22N4O5S2/c1-14-18(19(24)23(22(14)4)15-8-6-5-7-9-15)20-29(25,26)16-10-12-17(13-11-16)30(27,28)21(2)3/h5-13,20H,1-4H3. The molecule has 0 aliphatic rings. The molecule has 30 heavy (non-hydrogen) atoms. The van der Waals surface area contributed by atoms with Crippen LogP contribution in [-0.2, 0) is 27.1 Å². The van der Waals surface area contributed by atoms with Crippen LogP contribution in [0.3, 0.4) is 0 Å². The Hall–Kier alpha value is -2.89. The van der Waals surface area contributed by atoms with E-state index in [1.807, 2.05) is 6.07 Å². The molecule has 0 aliphatic carbocycles. The van der Waals surface area contributed by atoms with Gasteiger partial charge in [-0.1, -0.05) is 18.2 Å². The van der Waals surface area contributed by atoms with Crippen molar-refractivity contribution >= 4 is 25.7 Å². The highest BCUT2D eigenvalue weighted by Gasteiger charge is 2.24. The van der Waals surface area contributed by atoms with Crippen molar-refractivity contribution in [3.8, 4) is 5.69 Å². The van der Waals surface area contributed by atoms with Crippen LogP contribution in [0.1, 0.15) is 5.69 Å². The Morgan fingerprint density at radius 1 is 0.867 bits per heavy atom. The number of hydrogen-bond acceptors (Lipinski definition) is 5. The van der Waals surface area contributed by atoms with Gasteiger partial charge in [-0.3, -0.25) is 14.2 Å². The molecule has 9 nitrogen and oxygen atoms in total. The molecule has 0 amide bonds. The lowest BCUT2D eigenvalue weighted by atomic mass is 10.3. The van der Waals surface area contributed by atoms with Crippen LogP contribution in [-0.4, -0.2) is 44.6 Å². The molecule has 1 aromatic heterocycles. The maximum Gasteiger partial charge on any atom is 0.296 e. The predicted molar refractivity (Wildman–Crippen MR) is 114 cm³/mol. The van der Waals surface area contributed by atoms with Crippen LogP contribution in [0.2, 0.25) is 0 Å². The first-order chi connectivity index (χ1) is 14.0. The number of nitrogens with one attached hydrogen (secondary N) is 1. The van der Waals surface area contributed by atoms with Gasteiger partial charge in [0, 0.05) is 21.1 Å². The Bertz CT molecular complexity index is 1340. The minimum Gasteiger partial charge on any atom is -0.283 e. The summed E-state index contributed by atoms with van der Waals surface area (Å²) >= 11 is 0. The zero-order valence-corrected chi connectivity index (χ0v) is 18.5. The van der Waals surface area contributed by atoms with Crippen molar-refractivity contribution in [2.24, 2.45) is 7.05 Å². The highest BCUT2D eigenvalue weighted by molar-refractivity contribution is 7.92. The van der Waals surface area contributed by atoms with E-state index < -0.39 is 25.6 Å². The molecule has 0 radical (unpaired) electrons. The molecule has 1 N–H and O–H groups in total. The minimum atomic E-state index is -4.11. The van der Waals surface area contributed by atoms with Gasteiger partial charge in [-0.25, -0.2) is 25.8 Å². The van der Waals surface area contributed by atoms with Gasteiger partial charge in [-0.05, 0) is 43.3 Å². The van der Waals surface area contributed by atoms with E-state index in [0.29, 0.717) is 11.4 Å². The molecular weight excluding hydrogens is 428 g/mol. The molecule has 2 aromatic carbocycles. The minimum absolute atomic E-state index is 0.0335. The van der Waals surface area contributed by atoms with Crippen molar-refractivity contribution < 1.29 is 16.8 Å². The van der Waals surface area contributed by atoms with E-state index in [1.54, 1.807) is 42.9 Å². The molecule has 0 atom stereocenters. The summed E-state index contributed by atoms with van der Waals surface area (Å²) in [6.07, 6.45) is 0. The number of aromatic nitrogens is 2. The Kier molecular flexibility index (Phi) is 5.63. The third-order valence-corrected chi connectivity index (χ3v) is 7.90. The largest absolute Gasteiger partial charge is 0.296 e. The lowest BCUT2D eigenvalue weighted by Crippen LogP contribution is -2.23. The molecule has 160 valence electrons. The van der Waals surface area contributed by atoms with Crippen LogP contribution in [0, 0.1) is 6.92 Å². The van der Waals surface area contributed by atoms with Crippen LogP contribution in [0.4, 0.5) is 5.69 Å². The topological polar surface area (TPSA) is 110 Å². The van der Waals surface area contributed by atoms with Gasteiger partial charge in [-0.15, -0.1) is 0 Å². The van der Waals surface area contributed by atoms with Gasteiger partial charge in [-0.2, -0.15) is 0 Å². The number of para-hydroxylation sites is 1. The zero-order valence-electron chi connectivity index (χ0n) is 16.9. The van der Waals surface area contributed by atoms with Crippen LogP contribution < -0.4 is 10.3 Å². The average molecular weight is 451 g/mol. The monoisotopic (exact) mass is 450 g/mol. The second-order valence-corrected chi connectivity index (χ2v) is 10.6. The van der Waals surface area contributed by atoms with Crippen molar-refractivity contribution in [2.75, 3.05) is 18.8 Å². The maximum atomic E-state index is 12.9. The molecular formula is C19H22N4O5S2. The molecule has 0 saturated carbocycles. The Labute approximate surface area is 175 Å². The Morgan fingerprint density at radius 2 is 1.40 bits per heavy atom. The Morgan fingerprint density at radius 3 is 1.93 bits per heavy atom. The molecule has 0 bridgehead atoms. The first kappa shape index (κ1) is 21.8. The molecule has 11 heteroatoms. The van der Waals surface area contributed by atoms with Gasteiger partial charge < -0.3 is 0 Å². The summed E-state index contributed by atoms with van der Waals surface area (Å²) in [6, 6.07) is 13.6. The number of benzene rings is 2. The van der Waals surface area contributed by atoms with E-state index in [2.05, 4.69) is 4.72 Å². The predicted octanol–water partition coefficient (Wildman–Crippen LogP) is 1.54. The summed E-state index contributed by atoms with van der Waals surface area (Å²) in [6.45, 7) is 1.63. The van der Waals surface area contributed by atoms with Crippen LogP contribution >= 0.6 is 0 Å². The quantitative estimate of drug-likeness (QED) is 0.612. The summed E-state index contributed by atoms with van der Waals surface area (Å²) in [5.41, 5.74) is 0.430. The summed E-state index contributed by atoms with van der Waals surface area (Å²) in [7, 11) is -3.37. The van der Waals surface area contributed by atoms with Gasteiger partial charge in [0.15, 0.2) is 0 Å². The van der Waals surface area contributed by atoms with E-state index in [1.165, 1.54) is 43.0 Å². The first-order valence-corrected chi connectivity index (χ1v) is 11.8. The lowest BCUT2D eigenvalue weighted by Gasteiger charge is -2.12. The van der Waals surface area contributed by atoms with E-state index in [4.69, 9.17) is 0 Å². The molecule has 0 saturated heterocycles. The van der Waals surface area contributed by atoms with Crippen LogP contribution in [0.25, 0.3) is 5.69 Å². The number of nitrogens with zero attached hydrogens (tertiary/aromatic N) is 3. The van der Waals surface area contributed by atoms with Crippen molar-refractivity contribution in [1.29, 1.82) is 0 Å². The van der Waals surface area contributed by atoms with Crippen LogP contribution in [0.15, 0.2) is 69.2 Å². The van der Waals surface area contributed by atoms with E-state index in [0.717, 1.165) is 4.31 Å². The number of hydrogen-bond donors (Lipinski definition) is 1. The zero-order chi connectivity index (χ0) is 22.3. The van der Waals surface area contributed by atoms with E-state index >= 15 is 0 Å². The highest BCUT2D eigenvalue weighted by atomic mass is 32.2. The highest BCUT2D eigenvalue weighted by Crippen LogP contribution is 2.21. The van der Waals surface area contributed by atoms with Crippen molar-refractivity contribution in [3.63, 3.8) is 0 Å². The summed E-state index contributed by atoms with van der Waals surface area (Å²) < 4.78 is 56.3. The van der Waals surface area contributed by atoms with E-state index in [-0.39, 0.29) is 15.5 Å². The lowest BCUT2D eigenvalue weighted by molar-refractivity contribution is 0.520. The van der Waals surface area contributed by atoms with E-state index in [9.17, 15) is 21.6 Å². The fraction of sp³-hybridized carbons (Fsp3) is 0.211. The number of anilines is 1. The summed E-state index contributed by atoms with van der Waals surface area (Å²) in [4.78, 5) is 12.7. The van der Waals surface area contributed by atoms with Gasteiger partial charge in [0.1, 0.15) is 5.69 Å². The van der Waals surface area contributed by atoms with Crippen molar-refractivity contribution in [3.05, 3.63) is 70.6 Å². The molecule has 0 aliphatic heterocycles. The van der Waals surface area contributed by atoms with Crippen molar-refractivity contribution in [2.45, 2.75) is 16.7 Å². The summed E-state index contributed by atoms with van der Waals surface area (Å²) in [5, 5.41) is 0. The molecule has 0 spiro atoms. The maximum absolute atomic E-state index is 12.9. The molecule has 0 fully saturated rings. The fourth-order valence-corrected chi connectivity index (χ4v) is 4.90. The third-order valence-electron chi connectivity index (χ3n) is 4.70. The van der Waals surface area contributed by atoms with Crippen LogP contribution in [0.5, 0.6) is 0 Å². The number of rotatable bonds is 6. The van der Waals surface area contributed by atoms with Gasteiger partial charge >= 0.3 is 0 Å². The average Bonchev–Trinajstić information content (AvgIpc) is 2.91. The smallest absolute Gasteiger partial charge is 0.283 e. The molecule has 3 aromatic rings. The van der Waals surface area contributed by atoms with Gasteiger partial charge in [0.05, 0.1) is 21.2 Å².